The molecule has 0 aliphatic rings. The summed E-state index contributed by atoms with van der Waals surface area (Å²) in [5, 5.41) is 2.67. The molecule has 138 valence electrons. The minimum absolute atomic E-state index is 0.0972. The van der Waals surface area contributed by atoms with Crippen molar-refractivity contribution in [1.82, 2.24) is 4.72 Å². The second-order valence-corrected chi connectivity index (χ2v) is 9.26. The maximum Gasteiger partial charge on any atom is 0.248 e. The summed E-state index contributed by atoms with van der Waals surface area (Å²) in [6.45, 7) is 5.30. The lowest BCUT2D eigenvalue weighted by atomic mass is 10.1. The largest absolute Gasteiger partial charge is 0.322 e. The molecule has 0 atom stereocenters. The van der Waals surface area contributed by atoms with Gasteiger partial charge in [-0.05, 0) is 56.7 Å². The molecular formula is C19H21BrN2O3S. The van der Waals surface area contributed by atoms with Crippen molar-refractivity contribution in [2.45, 2.75) is 31.2 Å². The van der Waals surface area contributed by atoms with Crippen LogP contribution >= 0.6 is 15.9 Å². The maximum atomic E-state index is 12.4. The van der Waals surface area contributed by atoms with Crippen LogP contribution in [0.3, 0.4) is 0 Å². The van der Waals surface area contributed by atoms with E-state index in [9.17, 15) is 13.2 Å². The van der Waals surface area contributed by atoms with Gasteiger partial charge in [-0.25, -0.2) is 13.1 Å². The smallest absolute Gasteiger partial charge is 0.248 e. The number of carbonyl (C=O) groups excluding carboxylic acids is 1. The van der Waals surface area contributed by atoms with Crippen LogP contribution in [-0.4, -0.2) is 19.9 Å². The Kier molecular flexibility index (Phi) is 6.39. The molecule has 2 aromatic rings. The van der Waals surface area contributed by atoms with Crippen LogP contribution in [0.1, 0.15) is 26.3 Å². The molecule has 5 nitrogen and oxygen atoms in total. The zero-order chi connectivity index (χ0) is 19.4. The molecule has 1 amide bonds. The predicted octanol–water partition coefficient (Wildman–Crippen LogP) is 4.18. The third-order valence-corrected chi connectivity index (χ3v) is 5.65. The van der Waals surface area contributed by atoms with Gasteiger partial charge in [0.1, 0.15) is 0 Å². The number of benzene rings is 2. The minimum atomic E-state index is -3.66. The highest BCUT2D eigenvalue weighted by molar-refractivity contribution is 9.10. The lowest BCUT2D eigenvalue weighted by molar-refractivity contribution is -0.111. The second kappa shape index (κ2) is 8.16. The van der Waals surface area contributed by atoms with E-state index in [4.69, 9.17) is 0 Å². The van der Waals surface area contributed by atoms with E-state index in [0.29, 0.717) is 5.69 Å². The normalized spacial score (nSPS) is 12.3. The van der Waals surface area contributed by atoms with Crippen LogP contribution in [0.5, 0.6) is 0 Å². The van der Waals surface area contributed by atoms with Crippen LogP contribution < -0.4 is 10.0 Å². The highest BCUT2D eigenvalue weighted by Gasteiger charge is 2.22. The molecule has 0 spiro atoms. The molecule has 7 heteroatoms. The first-order chi connectivity index (χ1) is 12.1. The van der Waals surface area contributed by atoms with Crippen molar-refractivity contribution in [2.24, 2.45) is 0 Å². The molecule has 0 radical (unpaired) electrons. The van der Waals surface area contributed by atoms with Crippen molar-refractivity contribution in [2.75, 3.05) is 5.32 Å². The predicted molar refractivity (Wildman–Crippen MR) is 108 cm³/mol. The Morgan fingerprint density at radius 3 is 2.42 bits per heavy atom. The van der Waals surface area contributed by atoms with E-state index in [2.05, 4.69) is 26.0 Å². The molecule has 0 fully saturated rings. The fourth-order valence-corrected chi connectivity index (χ4v) is 4.04. The number of sulfonamides is 1. The average molecular weight is 437 g/mol. The zero-order valence-corrected chi connectivity index (χ0v) is 17.2. The highest BCUT2D eigenvalue weighted by Crippen LogP contribution is 2.19. The number of rotatable bonds is 5. The van der Waals surface area contributed by atoms with Crippen molar-refractivity contribution < 1.29 is 13.2 Å². The number of halogens is 1. The van der Waals surface area contributed by atoms with Crippen LogP contribution in [-0.2, 0) is 14.8 Å². The summed E-state index contributed by atoms with van der Waals surface area (Å²) in [5.41, 5.74) is 0.682. The number of hydrogen-bond donors (Lipinski definition) is 2. The van der Waals surface area contributed by atoms with Crippen molar-refractivity contribution in [3.8, 4) is 0 Å². The van der Waals surface area contributed by atoms with Gasteiger partial charge in [-0.3, -0.25) is 4.79 Å². The van der Waals surface area contributed by atoms with Crippen molar-refractivity contribution in [3.05, 3.63) is 64.6 Å². The van der Waals surface area contributed by atoms with E-state index < -0.39 is 15.6 Å². The molecule has 0 aromatic heterocycles. The first-order valence-corrected chi connectivity index (χ1v) is 10.2. The molecule has 26 heavy (non-hydrogen) atoms. The van der Waals surface area contributed by atoms with E-state index in [1.165, 1.54) is 18.2 Å². The van der Waals surface area contributed by atoms with E-state index in [1.54, 1.807) is 39.0 Å². The van der Waals surface area contributed by atoms with E-state index in [0.717, 1.165) is 10.0 Å². The third kappa shape index (κ3) is 6.09. The Labute approximate surface area is 162 Å². The molecular weight excluding hydrogens is 416 g/mol. The van der Waals surface area contributed by atoms with Gasteiger partial charge in [-0.1, -0.05) is 40.2 Å². The topological polar surface area (TPSA) is 75.3 Å². The van der Waals surface area contributed by atoms with Crippen molar-refractivity contribution in [3.63, 3.8) is 0 Å². The van der Waals surface area contributed by atoms with Gasteiger partial charge in [0, 0.05) is 21.8 Å². The first kappa shape index (κ1) is 20.4. The van der Waals surface area contributed by atoms with E-state index >= 15 is 0 Å². The lowest BCUT2D eigenvalue weighted by Crippen LogP contribution is -2.40. The van der Waals surface area contributed by atoms with Gasteiger partial charge in [-0.15, -0.1) is 0 Å². The summed E-state index contributed by atoms with van der Waals surface area (Å²) in [7, 11) is -3.66. The molecule has 0 heterocycles. The molecule has 0 saturated carbocycles. The lowest BCUT2D eigenvalue weighted by Gasteiger charge is -2.20. The quantitative estimate of drug-likeness (QED) is 0.690. The van der Waals surface area contributed by atoms with Crippen molar-refractivity contribution in [1.29, 1.82) is 0 Å². The van der Waals surface area contributed by atoms with Crippen LogP contribution in [0.2, 0.25) is 0 Å². The highest BCUT2D eigenvalue weighted by atomic mass is 79.9. The Morgan fingerprint density at radius 2 is 1.77 bits per heavy atom. The number of anilines is 1. The summed E-state index contributed by atoms with van der Waals surface area (Å²) in [6.07, 6.45) is 3.08. The van der Waals surface area contributed by atoms with Gasteiger partial charge >= 0.3 is 0 Å². The Balaban J connectivity index is 2.13. The van der Waals surface area contributed by atoms with Gasteiger partial charge in [0.05, 0.1) is 4.90 Å². The number of hydrogen-bond acceptors (Lipinski definition) is 3. The summed E-state index contributed by atoms with van der Waals surface area (Å²) < 4.78 is 28.2. The summed E-state index contributed by atoms with van der Waals surface area (Å²) in [5.74, 6) is -0.348. The summed E-state index contributed by atoms with van der Waals surface area (Å²) in [6, 6.07) is 13.7. The third-order valence-electron chi connectivity index (χ3n) is 3.17. The maximum absolute atomic E-state index is 12.4. The fraction of sp³-hybridized carbons (Fsp3) is 0.211. The molecule has 2 aromatic carbocycles. The Bertz CT molecular complexity index is 932. The summed E-state index contributed by atoms with van der Waals surface area (Å²) in [4.78, 5) is 12.2. The van der Waals surface area contributed by atoms with Crippen molar-refractivity contribution >= 4 is 43.6 Å². The molecule has 0 bridgehead atoms. The first-order valence-electron chi connectivity index (χ1n) is 7.94. The Morgan fingerprint density at radius 1 is 1.08 bits per heavy atom. The fourth-order valence-electron chi connectivity index (χ4n) is 2.16. The van der Waals surface area contributed by atoms with E-state index in [-0.39, 0.29) is 10.8 Å². The number of nitrogens with one attached hydrogen (secondary N) is 2. The van der Waals surface area contributed by atoms with Gasteiger partial charge in [0.15, 0.2) is 0 Å². The standard InChI is InChI=1S/C19H21BrN2O3S/c1-19(2,3)22-26(24,25)16-9-6-8-15(13-16)21-18(23)12-11-14-7-4-5-10-17(14)20/h4-13,22H,1-3H3,(H,21,23)/b12-11+. The molecule has 2 N–H and O–H groups in total. The average Bonchev–Trinajstić information content (AvgIpc) is 2.52. The van der Waals surface area contributed by atoms with Gasteiger partial charge in [0.25, 0.3) is 0 Å². The van der Waals surface area contributed by atoms with Crippen LogP contribution in [0.4, 0.5) is 5.69 Å². The monoisotopic (exact) mass is 436 g/mol. The molecule has 0 aliphatic heterocycles. The molecule has 2 rings (SSSR count). The zero-order valence-electron chi connectivity index (χ0n) is 14.8. The van der Waals surface area contributed by atoms with Gasteiger partial charge in [-0.2, -0.15) is 0 Å². The number of amides is 1. The Hall–Kier alpha value is -1.96. The summed E-state index contributed by atoms with van der Waals surface area (Å²) >= 11 is 3.41. The molecule has 0 saturated heterocycles. The SMILES string of the molecule is CC(C)(C)NS(=O)(=O)c1cccc(NC(=O)/C=C/c2ccccc2Br)c1. The van der Waals surface area contributed by atoms with Gasteiger partial charge < -0.3 is 5.32 Å². The molecule has 0 aliphatic carbocycles. The van der Waals surface area contributed by atoms with Crippen LogP contribution in [0.25, 0.3) is 6.08 Å². The minimum Gasteiger partial charge on any atom is -0.322 e. The number of carbonyl (C=O) groups is 1. The van der Waals surface area contributed by atoms with Gasteiger partial charge in [0.2, 0.25) is 15.9 Å². The molecule has 0 unspecified atom stereocenters. The van der Waals surface area contributed by atoms with E-state index in [1.807, 2.05) is 24.3 Å². The van der Waals surface area contributed by atoms with Crippen LogP contribution in [0.15, 0.2) is 64.0 Å². The van der Waals surface area contributed by atoms with Crippen LogP contribution in [0, 0.1) is 0 Å². The second-order valence-electron chi connectivity index (χ2n) is 6.73.